The normalized spacial score (nSPS) is 12.2. The first kappa shape index (κ1) is 25.7. The fourth-order valence-electron chi connectivity index (χ4n) is 3.73. The van der Waals surface area contributed by atoms with E-state index in [2.05, 4.69) is 68.9 Å². The van der Waals surface area contributed by atoms with Crippen molar-refractivity contribution in [3.05, 3.63) is 54.9 Å². The van der Waals surface area contributed by atoms with Crippen LogP contribution in [0.15, 0.2) is 54.9 Å². The molecule has 0 aliphatic heterocycles. The van der Waals surface area contributed by atoms with Gasteiger partial charge >= 0.3 is 6.09 Å². The zero-order chi connectivity index (χ0) is 25.9. The predicted octanol–water partition coefficient (Wildman–Crippen LogP) is 6.75. The highest BCUT2D eigenvalue weighted by atomic mass is 28.3. The molecule has 1 amide bonds. The van der Waals surface area contributed by atoms with Crippen LogP contribution in [0.2, 0.25) is 25.7 Å². The lowest BCUT2D eigenvalue weighted by atomic mass is 10.1. The van der Waals surface area contributed by atoms with Gasteiger partial charge in [-0.1, -0.05) is 50.0 Å². The molecule has 0 aliphatic rings. The fraction of sp³-hybridized carbons (Fsp3) is 0.370. The van der Waals surface area contributed by atoms with Crippen molar-refractivity contribution in [1.29, 1.82) is 0 Å². The first-order valence-corrected chi connectivity index (χ1v) is 15.9. The average Bonchev–Trinajstić information content (AvgIpc) is 3.39. The quantitative estimate of drug-likeness (QED) is 0.204. The van der Waals surface area contributed by atoms with E-state index in [0.29, 0.717) is 23.9 Å². The highest BCUT2D eigenvalue weighted by molar-refractivity contribution is 6.76. The van der Waals surface area contributed by atoms with Crippen LogP contribution >= 0.6 is 0 Å². The minimum absolute atomic E-state index is 0.307. The summed E-state index contributed by atoms with van der Waals surface area (Å²) in [6.07, 6.45) is 3.26. The molecular weight excluding hydrogens is 470 g/mol. The Hall–Kier alpha value is -3.43. The van der Waals surface area contributed by atoms with Gasteiger partial charge in [-0.3, -0.25) is 10.3 Å². The van der Waals surface area contributed by atoms with E-state index in [1.165, 1.54) is 0 Å². The Morgan fingerprint density at radius 2 is 1.86 bits per heavy atom. The smallest absolute Gasteiger partial charge is 0.414 e. The van der Waals surface area contributed by atoms with Crippen molar-refractivity contribution in [2.24, 2.45) is 0 Å². The Labute approximate surface area is 213 Å². The molecule has 0 aliphatic carbocycles. The van der Waals surface area contributed by atoms with Crippen LogP contribution in [0.5, 0.6) is 0 Å². The maximum Gasteiger partial charge on any atom is 0.414 e. The second-order valence-corrected chi connectivity index (χ2v) is 16.7. The lowest BCUT2D eigenvalue weighted by Gasteiger charge is -2.18. The number of hydrogen-bond donors (Lipinski definition) is 2. The summed E-state index contributed by atoms with van der Waals surface area (Å²) in [5.41, 5.74) is 4.60. The van der Waals surface area contributed by atoms with E-state index in [1.807, 2.05) is 45.0 Å². The van der Waals surface area contributed by atoms with E-state index in [4.69, 9.17) is 9.47 Å². The number of carbonyl (C=O) groups excluding carboxylic acids is 1. The number of anilines is 1. The van der Waals surface area contributed by atoms with Crippen molar-refractivity contribution in [3.63, 3.8) is 0 Å². The number of nitrogens with one attached hydrogen (secondary N) is 2. The van der Waals surface area contributed by atoms with Crippen molar-refractivity contribution in [2.75, 3.05) is 11.9 Å². The third-order valence-corrected chi connectivity index (χ3v) is 7.20. The number of pyridine rings is 1. The molecule has 2 N–H and O–H groups in total. The number of imidazole rings is 1. The molecule has 0 atom stereocenters. The van der Waals surface area contributed by atoms with Crippen LogP contribution in [-0.4, -0.2) is 45.9 Å². The maximum atomic E-state index is 12.3. The van der Waals surface area contributed by atoms with Gasteiger partial charge in [0.2, 0.25) is 5.95 Å². The van der Waals surface area contributed by atoms with Gasteiger partial charge in [0.1, 0.15) is 23.5 Å². The number of amides is 1. The Balaban J connectivity index is 1.67. The Kier molecular flexibility index (Phi) is 7.32. The predicted molar refractivity (Wildman–Crippen MR) is 147 cm³/mol. The SMILES string of the molecule is CC(C)(C)OC(=O)Nc1nc2c(-c3cc(-c4ccccc4)cn3COCC[Si](C)(C)C)nccc2[nH]1. The second kappa shape index (κ2) is 10.3. The third-order valence-electron chi connectivity index (χ3n) is 5.49. The number of aromatic amines is 1. The monoisotopic (exact) mass is 505 g/mol. The fourth-order valence-corrected chi connectivity index (χ4v) is 4.48. The molecule has 3 heterocycles. The molecule has 190 valence electrons. The van der Waals surface area contributed by atoms with Gasteiger partial charge < -0.3 is 19.0 Å². The average molecular weight is 506 g/mol. The largest absolute Gasteiger partial charge is 0.444 e. The zero-order valence-electron chi connectivity index (χ0n) is 21.9. The first-order chi connectivity index (χ1) is 17.0. The minimum atomic E-state index is -1.19. The van der Waals surface area contributed by atoms with Crippen molar-refractivity contribution in [2.45, 2.75) is 58.8 Å². The first-order valence-electron chi connectivity index (χ1n) is 12.2. The highest BCUT2D eigenvalue weighted by Gasteiger charge is 2.20. The zero-order valence-corrected chi connectivity index (χ0v) is 22.9. The summed E-state index contributed by atoms with van der Waals surface area (Å²) in [6, 6.07) is 15.3. The molecule has 0 saturated heterocycles. The summed E-state index contributed by atoms with van der Waals surface area (Å²) in [6.45, 7) is 13.6. The molecule has 0 spiro atoms. The molecule has 0 saturated carbocycles. The summed E-state index contributed by atoms with van der Waals surface area (Å²) in [5, 5.41) is 2.68. The van der Waals surface area contributed by atoms with Crippen molar-refractivity contribution in [1.82, 2.24) is 19.5 Å². The van der Waals surface area contributed by atoms with E-state index in [-0.39, 0.29) is 0 Å². The molecule has 0 radical (unpaired) electrons. The van der Waals surface area contributed by atoms with Crippen LogP contribution < -0.4 is 5.32 Å². The van der Waals surface area contributed by atoms with Crippen LogP contribution in [0.3, 0.4) is 0 Å². The van der Waals surface area contributed by atoms with Crippen LogP contribution in [0.1, 0.15) is 20.8 Å². The van der Waals surface area contributed by atoms with Crippen LogP contribution in [0.25, 0.3) is 33.5 Å². The highest BCUT2D eigenvalue weighted by Crippen LogP contribution is 2.32. The van der Waals surface area contributed by atoms with Gasteiger partial charge in [-0.25, -0.2) is 9.78 Å². The maximum absolute atomic E-state index is 12.3. The lowest BCUT2D eigenvalue weighted by Crippen LogP contribution is -2.27. The van der Waals surface area contributed by atoms with Gasteiger partial charge in [0, 0.05) is 32.6 Å². The molecule has 4 aromatic rings. The number of ether oxygens (including phenoxy) is 2. The number of H-pyrrole nitrogens is 1. The molecule has 0 fully saturated rings. The van der Waals surface area contributed by atoms with Gasteiger partial charge in [-0.05, 0) is 44.5 Å². The summed E-state index contributed by atoms with van der Waals surface area (Å²) >= 11 is 0. The molecule has 8 nitrogen and oxygen atoms in total. The number of rotatable bonds is 8. The molecule has 4 rings (SSSR count). The molecule has 3 aromatic heterocycles. The molecule has 0 bridgehead atoms. The van der Waals surface area contributed by atoms with E-state index < -0.39 is 19.8 Å². The summed E-state index contributed by atoms with van der Waals surface area (Å²) in [7, 11) is -1.19. The number of nitrogens with zero attached hydrogens (tertiary/aromatic N) is 3. The lowest BCUT2D eigenvalue weighted by molar-refractivity contribution is 0.0635. The number of carbonyl (C=O) groups is 1. The molecular formula is C27H35N5O3Si. The number of hydrogen-bond acceptors (Lipinski definition) is 5. The Morgan fingerprint density at radius 3 is 2.56 bits per heavy atom. The van der Waals surface area contributed by atoms with Gasteiger partial charge in [-0.15, -0.1) is 0 Å². The number of aromatic nitrogens is 4. The summed E-state index contributed by atoms with van der Waals surface area (Å²) in [4.78, 5) is 24.7. The number of benzene rings is 1. The van der Waals surface area contributed by atoms with Crippen LogP contribution in [0, 0.1) is 0 Å². The Bertz CT molecular complexity index is 1330. The van der Waals surface area contributed by atoms with Crippen molar-refractivity contribution in [3.8, 4) is 22.5 Å². The summed E-state index contributed by atoms with van der Waals surface area (Å²) in [5.74, 6) is 0.307. The van der Waals surface area contributed by atoms with E-state index in [9.17, 15) is 4.79 Å². The van der Waals surface area contributed by atoms with E-state index >= 15 is 0 Å². The van der Waals surface area contributed by atoms with Crippen LogP contribution in [0.4, 0.5) is 10.7 Å². The van der Waals surface area contributed by atoms with E-state index in [1.54, 1.807) is 6.20 Å². The minimum Gasteiger partial charge on any atom is -0.444 e. The van der Waals surface area contributed by atoms with Crippen LogP contribution in [-0.2, 0) is 16.2 Å². The Morgan fingerprint density at radius 1 is 1.11 bits per heavy atom. The molecule has 36 heavy (non-hydrogen) atoms. The number of fused-ring (bicyclic) bond motifs is 1. The third kappa shape index (κ3) is 6.61. The summed E-state index contributed by atoms with van der Waals surface area (Å²) < 4.78 is 13.5. The second-order valence-electron chi connectivity index (χ2n) is 11.1. The van der Waals surface area contributed by atoms with E-state index in [0.717, 1.165) is 35.0 Å². The van der Waals surface area contributed by atoms with Gasteiger partial charge in [-0.2, -0.15) is 0 Å². The van der Waals surface area contributed by atoms with Gasteiger partial charge in [0.05, 0.1) is 11.2 Å². The van der Waals surface area contributed by atoms with Gasteiger partial charge in [0.15, 0.2) is 0 Å². The topological polar surface area (TPSA) is 94.1 Å². The van der Waals surface area contributed by atoms with Crippen molar-refractivity contribution >= 4 is 31.1 Å². The standard InChI is InChI=1S/C27H35N5O3Si/c1-27(2,3)35-26(33)31-25-29-21-12-13-28-24(23(21)30-25)22-16-20(19-10-8-7-9-11-19)17-32(22)18-34-14-15-36(4,5)6/h7-13,16-17H,14-15,18H2,1-6H3,(H2,29,30,31,33). The molecule has 1 aromatic carbocycles. The van der Waals surface area contributed by atoms with Gasteiger partial charge in [0.25, 0.3) is 0 Å². The molecule has 0 unspecified atom stereocenters. The van der Waals surface area contributed by atoms with Crippen molar-refractivity contribution < 1.29 is 14.3 Å². The molecule has 9 heteroatoms.